The highest BCUT2D eigenvalue weighted by atomic mass is 19.1. The van der Waals surface area contributed by atoms with Gasteiger partial charge in [0.05, 0.1) is 11.5 Å². The van der Waals surface area contributed by atoms with Crippen LogP contribution in [0, 0.1) is 24.1 Å². The van der Waals surface area contributed by atoms with Gasteiger partial charge in [0.2, 0.25) is 5.88 Å². The van der Waals surface area contributed by atoms with Crippen LogP contribution in [0.1, 0.15) is 38.5 Å². The van der Waals surface area contributed by atoms with E-state index in [1.165, 1.54) is 6.07 Å². The maximum absolute atomic E-state index is 13.9. The molecule has 0 radical (unpaired) electrons. The number of halogens is 1. The van der Waals surface area contributed by atoms with Gasteiger partial charge in [0.25, 0.3) is 0 Å². The normalized spacial score (nSPS) is 14.2. The van der Waals surface area contributed by atoms with E-state index < -0.39 is 11.9 Å². The van der Waals surface area contributed by atoms with Crippen LogP contribution >= 0.6 is 0 Å². The van der Waals surface area contributed by atoms with Crippen LogP contribution in [0.4, 0.5) is 4.39 Å². The Morgan fingerprint density at radius 2 is 1.71 bits per heavy atom. The first kappa shape index (κ1) is 24.6. The van der Waals surface area contributed by atoms with Gasteiger partial charge in [0.15, 0.2) is 0 Å². The number of nitriles is 1. The van der Waals surface area contributed by atoms with Crippen molar-refractivity contribution in [2.45, 2.75) is 19.4 Å². The topological polar surface area (TPSA) is 94.6 Å². The smallest absolute Gasteiger partial charge is 0.343 e. The molecule has 0 amide bonds. The predicted molar refractivity (Wildman–Crippen MR) is 139 cm³/mol. The third-order valence-corrected chi connectivity index (χ3v) is 6.25. The van der Waals surface area contributed by atoms with Gasteiger partial charge in [0, 0.05) is 17.2 Å². The highest BCUT2D eigenvalue weighted by Gasteiger charge is 2.31. The number of hydrogen-bond donors (Lipinski definition) is 1. The minimum atomic E-state index is -0.496. The van der Waals surface area contributed by atoms with Crippen molar-refractivity contribution in [1.29, 1.82) is 5.26 Å². The lowest BCUT2D eigenvalue weighted by molar-refractivity contribution is 0.0734. The molecule has 1 aliphatic rings. The number of aryl methyl sites for hydroxylation is 1. The first-order valence-electron chi connectivity index (χ1n) is 11.9. The highest BCUT2D eigenvalue weighted by Crippen LogP contribution is 2.43. The van der Waals surface area contributed by atoms with Gasteiger partial charge in [-0.05, 0) is 48.9 Å². The molecule has 1 aliphatic heterocycles. The number of esters is 1. The summed E-state index contributed by atoms with van der Waals surface area (Å²) in [7, 11) is 0. The Hall–Kier alpha value is -5.09. The van der Waals surface area contributed by atoms with E-state index in [9.17, 15) is 14.4 Å². The molecule has 4 aromatic rings. The maximum atomic E-state index is 13.9. The number of ether oxygens (including phenoxy) is 3. The van der Waals surface area contributed by atoms with E-state index in [2.05, 4.69) is 6.07 Å². The number of fused-ring (bicyclic) bond motifs is 1. The number of nitrogens with two attached hydrogens (primary N) is 1. The van der Waals surface area contributed by atoms with Gasteiger partial charge in [0.1, 0.15) is 41.3 Å². The maximum Gasteiger partial charge on any atom is 0.343 e. The summed E-state index contributed by atoms with van der Waals surface area (Å²) in [5, 5.41) is 9.83. The minimum absolute atomic E-state index is 0.0214. The molecule has 0 aromatic heterocycles. The number of rotatable bonds is 6. The van der Waals surface area contributed by atoms with E-state index >= 15 is 0 Å². The SMILES string of the molecule is Cc1ccc(C(=O)Oc2ccc3c(c2)OC(N)=C(C#N)C3c2ccc(OCc3ccccc3F)cc2)cc1. The zero-order chi connectivity index (χ0) is 26.6. The number of benzene rings is 4. The predicted octanol–water partition coefficient (Wildman–Crippen LogP) is 6.15. The average Bonchev–Trinajstić information content (AvgIpc) is 2.92. The van der Waals surface area contributed by atoms with Crippen molar-refractivity contribution in [1.82, 2.24) is 0 Å². The first-order valence-corrected chi connectivity index (χ1v) is 11.9. The van der Waals surface area contributed by atoms with E-state index in [0.717, 1.165) is 11.1 Å². The van der Waals surface area contributed by atoms with Crippen molar-refractivity contribution in [2.75, 3.05) is 0 Å². The van der Waals surface area contributed by atoms with E-state index in [1.807, 2.05) is 31.2 Å². The fourth-order valence-corrected chi connectivity index (χ4v) is 4.23. The van der Waals surface area contributed by atoms with E-state index in [0.29, 0.717) is 28.2 Å². The Morgan fingerprint density at radius 1 is 1.00 bits per heavy atom. The second kappa shape index (κ2) is 10.5. The van der Waals surface area contributed by atoms with Crippen molar-refractivity contribution < 1.29 is 23.4 Å². The summed E-state index contributed by atoms with van der Waals surface area (Å²) < 4.78 is 30.9. The summed E-state index contributed by atoms with van der Waals surface area (Å²) in [5.41, 5.74) is 9.78. The summed E-state index contributed by atoms with van der Waals surface area (Å²) in [6.07, 6.45) is 0. The van der Waals surface area contributed by atoms with Gasteiger partial charge in [-0.1, -0.05) is 54.1 Å². The number of nitrogens with zero attached hydrogens (tertiary/aromatic N) is 1. The molecule has 6 nitrogen and oxygen atoms in total. The van der Waals surface area contributed by atoms with Crippen LogP contribution in [0.2, 0.25) is 0 Å². The van der Waals surface area contributed by atoms with E-state index in [-0.39, 0.29) is 29.6 Å². The molecule has 188 valence electrons. The Balaban J connectivity index is 1.38. The molecule has 4 aromatic carbocycles. The number of allylic oxidation sites excluding steroid dienone is 1. The molecule has 2 N–H and O–H groups in total. The minimum Gasteiger partial charge on any atom is -0.489 e. The lowest BCUT2D eigenvalue weighted by atomic mass is 9.83. The van der Waals surface area contributed by atoms with Gasteiger partial charge in [-0.3, -0.25) is 0 Å². The van der Waals surface area contributed by atoms with Gasteiger partial charge in [-0.2, -0.15) is 5.26 Å². The van der Waals surface area contributed by atoms with Crippen LogP contribution in [-0.2, 0) is 6.61 Å². The van der Waals surface area contributed by atoms with Crippen LogP contribution in [0.15, 0.2) is 102 Å². The van der Waals surface area contributed by atoms with Crippen molar-refractivity contribution in [3.63, 3.8) is 0 Å². The molecule has 0 fully saturated rings. The van der Waals surface area contributed by atoms with Crippen molar-refractivity contribution in [3.8, 4) is 23.3 Å². The largest absolute Gasteiger partial charge is 0.489 e. The van der Waals surface area contributed by atoms with E-state index in [4.69, 9.17) is 19.9 Å². The third-order valence-electron chi connectivity index (χ3n) is 6.25. The van der Waals surface area contributed by atoms with Crippen LogP contribution in [0.3, 0.4) is 0 Å². The van der Waals surface area contributed by atoms with Crippen LogP contribution in [-0.4, -0.2) is 5.97 Å². The number of carbonyl (C=O) groups excluding carboxylic acids is 1. The zero-order valence-electron chi connectivity index (χ0n) is 20.5. The fraction of sp³-hybridized carbons (Fsp3) is 0.0968. The summed E-state index contributed by atoms with van der Waals surface area (Å²) in [4.78, 5) is 12.6. The fourth-order valence-electron chi connectivity index (χ4n) is 4.23. The summed E-state index contributed by atoms with van der Waals surface area (Å²) in [6, 6.07) is 27.8. The molecule has 5 rings (SSSR count). The van der Waals surface area contributed by atoms with Gasteiger partial charge in [-0.15, -0.1) is 0 Å². The molecule has 0 saturated heterocycles. The summed E-state index contributed by atoms with van der Waals surface area (Å²) in [6.45, 7) is 2.03. The molecule has 0 saturated carbocycles. The molecule has 0 aliphatic carbocycles. The van der Waals surface area contributed by atoms with E-state index in [1.54, 1.807) is 60.7 Å². The monoisotopic (exact) mass is 506 g/mol. The summed E-state index contributed by atoms with van der Waals surface area (Å²) >= 11 is 0. The average molecular weight is 507 g/mol. The zero-order valence-corrected chi connectivity index (χ0v) is 20.5. The second-order valence-electron chi connectivity index (χ2n) is 8.83. The highest BCUT2D eigenvalue weighted by molar-refractivity contribution is 5.91. The molecular formula is C31H23FN2O4. The van der Waals surface area contributed by atoms with Crippen molar-refractivity contribution in [2.24, 2.45) is 5.73 Å². The number of hydrogen-bond acceptors (Lipinski definition) is 6. The Kier molecular flexibility index (Phi) is 6.79. The lowest BCUT2D eigenvalue weighted by Gasteiger charge is -2.26. The van der Waals surface area contributed by atoms with Gasteiger partial charge >= 0.3 is 5.97 Å². The molecule has 1 unspecified atom stereocenters. The van der Waals surface area contributed by atoms with Crippen LogP contribution in [0.5, 0.6) is 17.2 Å². The first-order chi connectivity index (χ1) is 18.4. The Morgan fingerprint density at radius 3 is 2.42 bits per heavy atom. The third kappa shape index (κ3) is 5.06. The Labute approximate surface area is 219 Å². The second-order valence-corrected chi connectivity index (χ2v) is 8.83. The molecule has 1 atom stereocenters. The van der Waals surface area contributed by atoms with Crippen LogP contribution < -0.4 is 19.9 Å². The number of carbonyl (C=O) groups is 1. The standard InChI is InChI=1S/C31H23FN2O4/c1-19-6-8-21(9-7-19)31(35)37-24-14-15-25-28(16-24)38-30(34)26(17-33)29(25)20-10-12-23(13-11-20)36-18-22-4-2-3-5-27(22)32/h2-16,29H,18,34H2,1H3. The lowest BCUT2D eigenvalue weighted by Crippen LogP contribution is -2.21. The van der Waals surface area contributed by atoms with Crippen molar-refractivity contribution in [3.05, 3.63) is 136 Å². The molecular weight excluding hydrogens is 483 g/mol. The van der Waals surface area contributed by atoms with Crippen LogP contribution in [0.25, 0.3) is 0 Å². The van der Waals surface area contributed by atoms with Gasteiger partial charge in [-0.25, -0.2) is 9.18 Å². The van der Waals surface area contributed by atoms with Gasteiger partial charge < -0.3 is 19.9 Å². The Bertz CT molecular complexity index is 1570. The summed E-state index contributed by atoms with van der Waals surface area (Å²) in [5.74, 6) is -0.106. The molecule has 0 spiro atoms. The van der Waals surface area contributed by atoms with Crippen molar-refractivity contribution >= 4 is 5.97 Å². The quantitative estimate of drug-likeness (QED) is 0.249. The molecule has 1 heterocycles. The molecule has 0 bridgehead atoms. The molecule has 38 heavy (non-hydrogen) atoms. The molecule has 7 heteroatoms.